The number of hydrogen-bond acceptors (Lipinski definition) is 3. The Kier molecular flexibility index (Phi) is 6.30. The van der Waals surface area contributed by atoms with E-state index in [2.05, 4.69) is 34.8 Å². The highest BCUT2D eigenvalue weighted by Crippen LogP contribution is 2.18. The quantitative estimate of drug-likeness (QED) is 0.535. The van der Waals surface area contributed by atoms with Crippen LogP contribution in [0.3, 0.4) is 0 Å². The molecule has 1 aliphatic rings. The van der Waals surface area contributed by atoms with E-state index >= 15 is 0 Å². The van der Waals surface area contributed by atoms with Gasteiger partial charge in [-0.15, -0.1) is 0 Å². The highest BCUT2D eigenvalue weighted by atomic mass is 16.6. The first kappa shape index (κ1) is 17.6. The molecule has 0 aromatic rings. The molecular weight excluding hydrogens is 268 g/mol. The van der Waals surface area contributed by atoms with Gasteiger partial charge in [-0.1, -0.05) is 13.8 Å². The van der Waals surface area contributed by atoms with E-state index in [9.17, 15) is 4.79 Å². The van der Waals surface area contributed by atoms with Gasteiger partial charge in [0.05, 0.1) is 6.04 Å². The minimum Gasteiger partial charge on any atom is -0.444 e. The topological polar surface area (TPSA) is 74.8 Å². The first-order valence-corrected chi connectivity index (χ1v) is 7.68. The summed E-state index contributed by atoms with van der Waals surface area (Å²) in [7, 11) is 1.75. The van der Waals surface area contributed by atoms with Crippen molar-refractivity contribution in [1.29, 1.82) is 0 Å². The van der Waals surface area contributed by atoms with Crippen LogP contribution in [0.5, 0.6) is 0 Å². The van der Waals surface area contributed by atoms with Crippen molar-refractivity contribution >= 4 is 12.1 Å². The molecule has 0 aliphatic heterocycles. The van der Waals surface area contributed by atoms with Crippen LogP contribution in [0.4, 0.5) is 4.79 Å². The zero-order chi connectivity index (χ0) is 16.0. The molecule has 1 aliphatic carbocycles. The van der Waals surface area contributed by atoms with Crippen molar-refractivity contribution < 1.29 is 9.53 Å². The molecule has 0 heterocycles. The Balaban J connectivity index is 2.43. The lowest BCUT2D eigenvalue weighted by Gasteiger charge is -2.26. The minimum absolute atomic E-state index is 0.0161. The van der Waals surface area contributed by atoms with Gasteiger partial charge in [-0.2, -0.15) is 0 Å². The van der Waals surface area contributed by atoms with E-state index in [4.69, 9.17) is 4.74 Å². The second kappa shape index (κ2) is 7.52. The first-order valence-electron chi connectivity index (χ1n) is 7.68. The van der Waals surface area contributed by atoms with Crippen molar-refractivity contribution in [1.82, 2.24) is 16.0 Å². The van der Waals surface area contributed by atoms with Gasteiger partial charge in [0, 0.05) is 19.6 Å². The number of hydrogen-bond donors (Lipinski definition) is 3. The molecule has 6 nitrogen and oxygen atoms in total. The lowest BCUT2D eigenvalue weighted by Crippen LogP contribution is -2.50. The number of amides is 1. The summed E-state index contributed by atoms with van der Waals surface area (Å²) >= 11 is 0. The first-order chi connectivity index (χ1) is 9.71. The standard InChI is InChI=1S/C15H30N4O2/c1-10(2)12(19-14(20)21-15(3,4)5)9-17-13(16-6)18-11-7-8-11/h10-12H,7-9H2,1-6H3,(H,19,20)(H2,16,17,18). The van der Waals surface area contributed by atoms with E-state index in [-0.39, 0.29) is 12.1 Å². The van der Waals surface area contributed by atoms with Gasteiger partial charge in [-0.25, -0.2) is 4.79 Å². The lowest BCUT2D eigenvalue weighted by molar-refractivity contribution is 0.0491. The molecule has 0 bridgehead atoms. The Labute approximate surface area is 128 Å². The summed E-state index contributed by atoms with van der Waals surface area (Å²) in [6, 6.07) is 0.533. The van der Waals surface area contributed by atoms with E-state index < -0.39 is 5.60 Å². The number of aliphatic imine (C=N–C) groups is 1. The van der Waals surface area contributed by atoms with Crippen molar-refractivity contribution in [2.75, 3.05) is 13.6 Å². The number of ether oxygens (including phenoxy) is 1. The molecule has 0 saturated heterocycles. The van der Waals surface area contributed by atoms with Crippen LogP contribution >= 0.6 is 0 Å². The van der Waals surface area contributed by atoms with Crippen molar-refractivity contribution in [3.63, 3.8) is 0 Å². The Hall–Kier alpha value is -1.46. The average molecular weight is 298 g/mol. The SMILES string of the molecule is CN=C(NCC(NC(=O)OC(C)(C)C)C(C)C)NC1CC1. The van der Waals surface area contributed by atoms with Gasteiger partial charge in [-0.3, -0.25) is 4.99 Å². The molecule has 122 valence electrons. The van der Waals surface area contributed by atoms with E-state index in [1.54, 1.807) is 7.05 Å². The molecule has 1 unspecified atom stereocenters. The molecule has 6 heteroatoms. The second-order valence-corrected chi connectivity index (χ2v) is 6.87. The molecule has 0 radical (unpaired) electrons. The maximum Gasteiger partial charge on any atom is 0.407 e. The molecule has 0 spiro atoms. The summed E-state index contributed by atoms with van der Waals surface area (Å²) in [6.45, 7) is 10.3. The van der Waals surface area contributed by atoms with Gasteiger partial charge in [0.2, 0.25) is 0 Å². The maximum atomic E-state index is 11.9. The number of nitrogens with zero attached hydrogens (tertiary/aromatic N) is 1. The fourth-order valence-electron chi connectivity index (χ4n) is 1.73. The maximum absolute atomic E-state index is 11.9. The fourth-order valence-corrected chi connectivity index (χ4v) is 1.73. The van der Waals surface area contributed by atoms with Crippen LogP contribution in [0.2, 0.25) is 0 Å². The molecule has 1 fully saturated rings. The predicted octanol–water partition coefficient (Wildman–Crippen LogP) is 1.86. The molecule has 21 heavy (non-hydrogen) atoms. The zero-order valence-electron chi connectivity index (χ0n) is 14.1. The number of alkyl carbamates (subject to hydrolysis) is 1. The van der Waals surface area contributed by atoms with Crippen molar-refractivity contribution in [3.05, 3.63) is 0 Å². The van der Waals surface area contributed by atoms with Crippen molar-refractivity contribution in [2.24, 2.45) is 10.9 Å². The number of carbonyl (C=O) groups is 1. The van der Waals surface area contributed by atoms with Crippen LogP contribution in [0, 0.1) is 5.92 Å². The molecule has 1 amide bonds. The summed E-state index contributed by atoms with van der Waals surface area (Å²) in [6.07, 6.45) is 2.02. The zero-order valence-corrected chi connectivity index (χ0v) is 14.1. The normalized spacial score (nSPS) is 17.4. The van der Waals surface area contributed by atoms with Crippen LogP contribution in [-0.2, 0) is 4.74 Å². The summed E-state index contributed by atoms with van der Waals surface area (Å²) in [4.78, 5) is 16.1. The van der Waals surface area contributed by atoms with E-state index in [1.807, 2.05) is 20.8 Å². The van der Waals surface area contributed by atoms with Crippen LogP contribution in [0.15, 0.2) is 4.99 Å². The van der Waals surface area contributed by atoms with E-state index in [1.165, 1.54) is 12.8 Å². The van der Waals surface area contributed by atoms with Crippen LogP contribution in [-0.4, -0.2) is 43.3 Å². The molecular formula is C15H30N4O2. The van der Waals surface area contributed by atoms with Crippen LogP contribution in [0.1, 0.15) is 47.5 Å². The Morgan fingerprint density at radius 1 is 1.33 bits per heavy atom. The number of nitrogens with one attached hydrogen (secondary N) is 3. The smallest absolute Gasteiger partial charge is 0.407 e. The third-order valence-electron chi connectivity index (χ3n) is 3.14. The van der Waals surface area contributed by atoms with E-state index in [0.29, 0.717) is 18.5 Å². The van der Waals surface area contributed by atoms with Crippen molar-refractivity contribution in [3.8, 4) is 0 Å². The molecule has 3 N–H and O–H groups in total. The van der Waals surface area contributed by atoms with Gasteiger partial charge in [0.1, 0.15) is 5.60 Å². The van der Waals surface area contributed by atoms with Crippen molar-refractivity contribution in [2.45, 2.75) is 65.1 Å². The fraction of sp³-hybridized carbons (Fsp3) is 0.867. The number of rotatable bonds is 5. The molecule has 0 aromatic carbocycles. The Morgan fingerprint density at radius 2 is 1.95 bits per heavy atom. The third-order valence-corrected chi connectivity index (χ3v) is 3.14. The molecule has 1 atom stereocenters. The van der Waals surface area contributed by atoms with Gasteiger partial charge >= 0.3 is 6.09 Å². The van der Waals surface area contributed by atoms with E-state index in [0.717, 1.165) is 5.96 Å². The van der Waals surface area contributed by atoms with Gasteiger partial charge < -0.3 is 20.7 Å². The molecule has 0 aromatic heterocycles. The highest BCUT2D eigenvalue weighted by Gasteiger charge is 2.24. The van der Waals surface area contributed by atoms with Crippen LogP contribution < -0.4 is 16.0 Å². The largest absolute Gasteiger partial charge is 0.444 e. The predicted molar refractivity (Wildman–Crippen MR) is 85.5 cm³/mol. The minimum atomic E-state index is -0.484. The van der Waals surface area contributed by atoms with Crippen LogP contribution in [0.25, 0.3) is 0 Å². The highest BCUT2D eigenvalue weighted by molar-refractivity contribution is 5.80. The third kappa shape index (κ3) is 7.78. The van der Waals surface area contributed by atoms with Gasteiger partial charge in [0.15, 0.2) is 5.96 Å². The second-order valence-electron chi connectivity index (χ2n) is 6.87. The molecule has 1 rings (SSSR count). The summed E-state index contributed by atoms with van der Waals surface area (Å²) in [5.41, 5.74) is -0.484. The van der Waals surface area contributed by atoms with Gasteiger partial charge in [-0.05, 0) is 39.5 Å². The average Bonchev–Trinajstić information content (AvgIpc) is 3.13. The summed E-state index contributed by atoms with van der Waals surface area (Å²) in [5, 5.41) is 9.50. The monoisotopic (exact) mass is 298 g/mol. The Bertz CT molecular complexity index is 370. The van der Waals surface area contributed by atoms with Gasteiger partial charge in [0.25, 0.3) is 0 Å². The summed E-state index contributed by atoms with van der Waals surface area (Å²) < 4.78 is 5.30. The summed E-state index contributed by atoms with van der Waals surface area (Å²) in [5.74, 6) is 1.08. The molecule has 1 saturated carbocycles. The number of guanidine groups is 1. The lowest BCUT2D eigenvalue weighted by atomic mass is 10.0. The number of carbonyl (C=O) groups excluding carboxylic acids is 1. The Morgan fingerprint density at radius 3 is 2.38 bits per heavy atom.